The number of nitrogens with zero attached hydrogens (tertiary/aromatic N) is 1. The molecule has 0 aliphatic heterocycles. The molecule has 2 aromatic rings. The maximum atomic E-state index is 12.7. The van der Waals surface area contributed by atoms with Crippen LogP contribution >= 0.6 is 11.6 Å². The molecule has 32 heavy (non-hydrogen) atoms. The number of anilines is 1. The van der Waals surface area contributed by atoms with Gasteiger partial charge in [0.2, 0.25) is 15.9 Å². The summed E-state index contributed by atoms with van der Waals surface area (Å²) in [5.41, 5.74) is 0.685. The van der Waals surface area contributed by atoms with Crippen LogP contribution in [0.5, 0.6) is 0 Å². The maximum Gasteiger partial charge on any atom is 0.340 e. The van der Waals surface area contributed by atoms with Gasteiger partial charge < -0.3 is 10.1 Å². The standard InChI is InChI=1S/C22H25ClN2O6S/c1-4-21(27)24-16-9-7-15(8-10-16)20(26)14-31-22(28)18-13-17(11-12-19(18)23)32(29,30)25(5-2)6-3/h7-13H,4-6,14H2,1-3H3,(H,24,27). The zero-order valence-corrected chi connectivity index (χ0v) is 19.6. The van der Waals surface area contributed by atoms with Crippen molar-refractivity contribution < 1.29 is 27.5 Å². The van der Waals surface area contributed by atoms with Gasteiger partial charge in [-0.05, 0) is 42.5 Å². The number of halogens is 1. The summed E-state index contributed by atoms with van der Waals surface area (Å²) in [6.07, 6.45) is 0.330. The number of Topliss-reactive ketones (excluding diaryl/α,β-unsaturated/α-hetero) is 1. The van der Waals surface area contributed by atoms with Crippen LogP contribution in [-0.4, -0.2) is 50.1 Å². The van der Waals surface area contributed by atoms with E-state index in [2.05, 4.69) is 5.32 Å². The minimum absolute atomic E-state index is 0.0111. The normalized spacial score (nSPS) is 11.3. The Kier molecular flexibility index (Phi) is 8.94. The minimum Gasteiger partial charge on any atom is -0.454 e. The van der Waals surface area contributed by atoms with Gasteiger partial charge >= 0.3 is 5.97 Å². The van der Waals surface area contributed by atoms with Crippen molar-refractivity contribution in [3.8, 4) is 0 Å². The van der Waals surface area contributed by atoms with E-state index in [9.17, 15) is 22.8 Å². The molecule has 0 saturated carbocycles. The highest BCUT2D eigenvalue weighted by atomic mass is 35.5. The molecule has 172 valence electrons. The number of sulfonamides is 1. The van der Waals surface area contributed by atoms with Crippen LogP contribution < -0.4 is 5.32 Å². The van der Waals surface area contributed by atoms with Gasteiger partial charge in [-0.1, -0.05) is 32.4 Å². The Morgan fingerprint density at radius 3 is 2.19 bits per heavy atom. The summed E-state index contributed by atoms with van der Waals surface area (Å²) in [7, 11) is -3.79. The number of amides is 1. The molecule has 10 heteroatoms. The summed E-state index contributed by atoms with van der Waals surface area (Å²) in [5, 5.41) is 2.68. The van der Waals surface area contributed by atoms with Crippen LogP contribution in [0.15, 0.2) is 47.4 Å². The largest absolute Gasteiger partial charge is 0.454 e. The second-order valence-electron chi connectivity index (χ2n) is 6.71. The van der Waals surface area contributed by atoms with Crippen molar-refractivity contribution >= 4 is 45.0 Å². The zero-order chi connectivity index (χ0) is 23.9. The predicted octanol–water partition coefficient (Wildman–Crippen LogP) is 3.76. The van der Waals surface area contributed by atoms with Gasteiger partial charge in [0.15, 0.2) is 12.4 Å². The number of hydrogen-bond donors (Lipinski definition) is 1. The second-order valence-corrected chi connectivity index (χ2v) is 9.05. The molecule has 0 bridgehead atoms. The summed E-state index contributed by atoms with van der Waals surface area (Å²) in [6.45, 7) is 5.14. The molecule has 2 aromatic carbocycles. The third kappa shape index (κ3) is 6.15. The molecule has 0 saturated heterocycles. The van der Waals surface area contributed by atoms with Gasteiger partial charge in [-0.15, -0.1) is 0 Å². The Morgan fingerprint density at radius 2 is 1.62 bits per heavy atom. The van der Waals surface area contributed by atoms with Crippen LogP contribution in [0.4, 0.5) is 5.69 Å². The highest BCUT2D eigenvalue weighted by molar-refractivity contribution is 7.89. The first-order valence-electron chi connectivity index (χ1n) is 10.0. The van der Waals surface area contributed by atoms with Crippen molar-refractivity contribution in [3.05, 3.63) is 58.6 Å². The highest BCUT2D eigenvalue weighted by Crippen LogP contribution is 2.24. The van der Waals surface area contributed by atoms with Crippen LogP contribution in [0.1, 0.15) is 47.9 Å². The first-order valence-corrected chi connectivity index (χ1v) is 11.9. The summed E-state index contributed by atoms with van der Waals surface area (Å²) in [6, 6.07) is 9.92. The van der Waals surface area contributed by atoms with E-state index in [1.807, 2.05) is 0 Å². The number of carbonyl (C=O) groups excluding carboxylic acids is 3. The molecule has 0 unspecified atom stereocenters. The second kappa shape index (κ2) is 11.2. The average molecular weight is 481 g/mol. The fourth-order valence-corrected chi connectivity index (χ4v) is 4.49. The van der Waals surface area contributed by atoms with Crippen LogP contribution in [0.25, 0.3) is 0 Å². The maximum absolute atomic E-state index is 12.7. The smallest absolute Gasteiger partial charge is 0.340 e. The molecule has 0 aromatic heterocycles. The molecule has 2 rings (SSSR count). The fraction of sp³-hybridized carbons (Fsp3) is 0.318. The van der Waals surface area contributed by atoms with Crippen molar-refractivity contribution in [2.45, 2.75) is 32.1 Å². The van der Waals surface area contributed by atoms with E-state index < -0.39 is 28.4 Å². The topological polar surface area (TPSA) is 110 Å². The molecule has 1 amide bonds. The van der Waals surface area contributed by atoms with E-state index in [1.165, 1.54) is 28.6 Å². The van der Waals surface area contributed by atoms with E-state index in [1.54, 1.807) is 32.9 Å². The van der Waals surface area contributed by atoms with Gasteiger partial charge in [0.25, 0.3) is 0 Å². The van der Waals surface area contributed by atoms with Crippen molar-refractivity contribution in [2.75, 3.05) is 25.0 Å². The molecule has 0 aliphatic rings. The van der Waals surface area contributed by atoms with Gasteiger partial charge in [-0.2, -0.15) is 4.31 Å². The van der Waals surface area contributed by atoms with Gasteiger partial charge in [-0.25, -0.2) is 13.2 Å². The molecule has 0 fully saturated rings. The van der Waals surface area contributed by atoms with Crippen molar-refractivity contribution in [2.24, 2.45) is 0 Å². The van der Waals surface area contributed by atoms with Crippen LogP contribution in [0.3, 0.4) is 0 Å². The zero-order valence-electron chi connectivity index (χ0n) is 18.1. The van der Waals surface area contributed by atoms with E-state index >= 15 is 0 Å². The number of benzene rings is 2. The lowest BCUT2D eigenvalue weighted by Gasteiger charge is -2.19. The molecule has 0 spiro atoms. The third-order valence-electron chi connectivity index (χ3n) is 4.65. The lowest BCUT2D eigenvalue weighted by atomic mass is 10.1. The molecule has 0 radical (unpaired) electrons. The number of rotatable bonds is 10. The Balaban J connectivity index is 2.11. The number of esters is 1. The van der Waals surface area contributed by atoms with E-state index in [0.717, 1.165) is 6.07 Å². The monoisotopic (exact) mass is 480 g/mol. The fourth-order valence-electron chi connectivity index (χ4n) is 2.81. The lowest BCUT2D eigenvalue weighted by molar-refractivity contribution is -0.115. The molecule has 0 atom stereocenters. The molecule has 0 aliphatic carbocycles. The first kappa shape index (κ1) is 25.5. The number of carbonyl (C=O) groups is 3. The third-order valence-corrected chi connectivity index (χ3v) is 7.02. The van der Waals surface area contributed by atoms with E-state index in [-0.39, 0.29) is 40.0 Å². The molecular weight excluding hydrogens is 456 g/mol. The number of nitrogens with one attached hydrogen (secondary N) is 1. The average Bonchev–Trinajstić information content (AvgIpc) is 2.78. The van der Waals surface area contributed by atoms with E-state index in [4.69, 9.17) is 16.3 Å². The number of hydrogen-bond acceptors (Lipinski definition) is 6. The number of ketones is 1. The van der Waals surface area contributed by atoms with Crippen LogP contribution in [0.2, 0.25) is 5.02 Å². The summed E-state index contributed by atoms with van der Waals surface area (Å²) >= 11 is 6.06. The highest BCUT2D eigenvalue weighted by Gasteiger charge is 2.24. The molecule has 8 nitrogen and oxygen atoms in total. The Morgan fingerprint density at radius 1 is 1.00 bits per heavy atom. The predicted molar refractivity (Wildman–Crippen MR) is 122 cm³/mol. The molecular formula is C22H25ClN2O6S. The minimum atomic E-state index is -3.79. The molecule has 0 heterocycles. The van der Waals surface area contributed by atoms with Gasteiger partial charge in [0.05, 0.1) is 15.5 Å². The van der Waals surface area contributed by atoms with Crippen LogP contribution in [-0.2, 0) is 19.6 Å². The Hall–Kier alpha value is -2.75. The molecule has 1 N–H and O–H groups in total. The van der Waals surface area contributed by atoms with E-state index in [0.29, 0.717) is 12.1 Å². The van der Waals surface area contributed by atoms with Gasteiger partial charge in [0, 0.05) is 30.8 Å². The van der Waals surface area contributed by atoms with Crippen molar-refractivity contribution in [1.29, 1.82) is 0 Å². The Bertz CT molecular complexity index is 1100. The van der Waals surface area contributed by atoms with Crippen LogP contribution in [0, 0.1) is 0 Å². The summed E-state index contributed by atoms with van der Waals surface area (Å²) in [5.74, 6) is -1.53. The summed E-state index contributed by atoms with van der Waals surface area (Å²) < 4.78 is 31.7. The van der Waals surface area contributed by atoms with Crippen molar-refractivity contribution in [1.82, 2.24) is 4.31 Å². The lowest BCUT2D eigenvalue weighted by Crippen LogP contribution is -2.30. The quantitative estimate of drug-likeness (QED) is 0.409. The van der Waals surface area contributed by atoms with Crippen molar-refractivity contribution in [3.63, 3.8) is 0 Å². The van der Waals surface area contributed by atoms with Gasteiger partial charge in [0.1, 0.15) is 0 Å². The SMILES string of the molecule is CCC(=O)Nc1ccc(C(=O)COC(=O)c2cc(S(=O)(=O)N(CC)CC)ccc2Cl)cc1. The first-order chi connectivity index (χ1) is 15.1. The number of ether oxygens (including phenoxy) is 1. The Labute approximate surface area is 192 Å². The summed E-state index contributed by atoms with van der Waals surface area (Å²) in [4.78, 5) is 36.2. The van der Waals surface area contributed by atoms with Gasteiger partial charge in [-0.3, -0.25) is 9.59 Å².